The Morgan fingerprint density at radius 3 is 2.90 bits per heavy atom. The predicted molar refractivity (Wildman–Crippen MR) is 76.7 cm³/mol. The number of amides is 1. The minimum absolute atomic E-state index is 0.187. The van der Waals surface area contributed by atoms with Gasteiger partial charge in [-0.05, 0) is 13.0 Å². The second-order valence-electron chi connectivity index (χ2n) is 4.25. The minimum atomic E-state index is -0.485. The van der Waals surface area contributed by atoms with Gasteiger partial charge in [-0.15, -0.1) is 0 Å². The number of nitrogens with one attached hydrogen (secondary N) is 1. The molecule has 0 saturated heterocycles. The van der Waals surface area contributed by atoms with Crippen molar-refractivity contribution in [3.8, 4) is 10.6 Å². The first kappa shape index (κ1) is 14.3. The van der Waals surface area contributed by atoms with Crippen LogP contribution >= 0.6 is 11.3 Å². The summed E-state index contributed by atoms with van der Waals surface area (Å²) in [5, 5.41) is 8.36. The Hall–Kier alpha value is -2.15. The number of carbonyl (C=O) groups excluding carboxylic acids is 1. The average Bonchev–Trinajstić information content (AvgIpc) is 2.94. The standard InChI is InChI=1S/C13H13FN4OS/c1-8(4-15)13(19)18(2)11-7-17-12(20-11)9-3-10(14)6-16-5-9/h3-8,15H,1-2H3. The maximum Gasteiger partial charge on any atom is 0.235 e. The number of hydrogen-bond donors (Lipinski definition) is 1. The zero-order valence-corrected chi connectivity index (χ0v) is 11.8. The van der Waals surface area contributed by atoms with Gasteiger partial charge in [0.05, 0.1) is 18.3 Å². The van der Waals surface area contributed by atoms with Crippen molar-refractivity contribution in [3.05, 3.63) is 30.5 Å². The molecule has 0 aromatic carbocycles. The van der Waals surface area contributed by atoms with Crippen molar-refractivity contribution in [1.29, 1.82) is 5.41 Å². The highest BCUT2D eigenvalue weighted by Gasteiger charge is 2.19. The van der Waals surface area contributed by atoms with Crippen molar-refractivity contribution in [1.82, 2.24) is 9.97 Å². The van der Waals surface area contributed by atoms with E-state index in [2.05, 4.69) is 9.97 Å². The van der Waals surface area contributed by atoms with Gasteiger partial charge in [-0.2, -0.15) is 0 Å². The zero-order valence-electron chi connectivity index (χ0n) is 11.0. The Balaban J connectivity index is 2.25. The Kier molecular flexibility index (Phi) is 4.19. The molecule has 1 atom stereocenters. The fraction of sp³-hybridized carbons (Fsp3) is 0.231. The molecule has 0 saturated carbocycles. The van der Waals surface area contributed by atoms with Gasteiger partial charge < -0.3 is 10.3 Å². The van der Waals surface area contributed by atoms with E-state index in [-0.39, 0.29) is 5.91 Å². The number of hydrogen-bond acceptors (Lipinski definition) is 5. The number of anilines is 1. The average molecular weight is 292 g/mol. The molecule has 5 nitrogen and oxygen atoms in total. The van der Waals surface area contributed by atoms with Gasteiger partial charge in [0.2, 0.25) is 5.91 Å². The molecule has 0 aliphatic carbocycles. The fourth-order valence-electron chi connectivity index (χ4n) is 1.57. The molecule has 0 bridgehead atoms. The van der Waals surface area contributed by atoms with Crippen LogP contribution in [0.4, 0.5) is 9.39 Å². The van der Waals surface area contributed by atoms with Crippen LogP contribution in [0, 0.1) is 17.1 Å². The summed E-state index contributed by atoms with van der Waals surface area (Å²) >= 11 is 1.27. The molecule has 2 aromatic heterocycles. The highest BCUT2D eigenvalue weighted by atomic mass is 32.1. The maximum atomic E-state index is 13.1. The number of aromatic nitrogens is 2. The van der Waals surface area contributed by atoms with Crippen molar-refractivity contribution in [3.63, 3.8) is 0 Å². The number of nitrogens with zero attached hydrogens (tertiary/aromatic N) is 3. The predicted octanol–water partition coefficient (Wildman–Crippen LogP) is 2.59. The van der Waals surface area contributed by atoms with E-state index < -0.39 is 11.7 Å². The molecule has 7 heteroatoms. The quantitative estimate of drug-likeness (QED) is 0.881. The van der Waals surface area contributed by atoms with E-state index in [1.54, 1.807) is 20.2 Å². The van der Waals surface area contributed by atoms with Crippen molar-refractivity contribution in [2.45, 2.75) is 6.92 Å². The highest BCUT2D eigenvalue weighted by Crippen LogP contribution is 2.30. The van der Waals surface area contributed by atoms with Crippen LogP contribution in [0.5, 0.6) is 0 Å². The normalized spacial score (nSPS) is 11.9. The summed E-state index contributed by atoms with van der Waals surface area (Å²) in [6, 6.07) is 1.34. The molecule has 0 aliphatic rings. The van der Waals surface area contributed by atoms with Crippen LogP contribution in [-0.2, 0) is 4.79 Å². The van der Waals surface area contributed by atoms with Crippen LogP contribution in [0.3, 0.4) is 0 Å². The third-order valence-electron chi connectivity index (χ3n) is 2.75. The number of pyridine rings is 1. The summed E-state index contributed by atoms with van der Waals surface area (Å²) in [5.74, 6) is -1.10. The lowest BCUT2D eigenvalue weighted by Gasteiger charge is -2.16. The van der Waals surface area contributed by atoms with E-state index in [0.717, 1.165) is 12.4 Å². The lowest BCUT2D eigenvalue weighted by atomic mass is 10.2. The molecular formula is C13H13FN4OS. The van der Waals surface area contributed by atoms with Crippen LogP contribution in [-0.4, -0.2) is 29.1 Å². The number of rotatable bonds is 4. The van der Waals surface area contributed by atoms with Gasteiger partial charge in [-0.1, -0.05) is 11.3 Å². The van der Waals surface area contributed by atoms with Crippen molar-refractivity contribution in [2.75, 3.05) is 11.9 Å². The van der Waals surface area contributed by atoms with E-state index in [0.29, 0.717) is 15.6 Å². The molecule has 20 heavy (non-hydrogen) atoms. The third-order valence-corrected chi connectivity index (χ3v) is 3.87. The highest BCUT2D eigenvalue weighted by molar-refractivity contribution is 7.19. The van der Waals surface area contributed by atoms with Gasteiger partial charge in [0, 0.05) is 25.0 Å². The molecule has 0 spiro atoms. The largest absolute Gasteiger partial charge is 0.312 e. The van der Waals surface area contributed by atoms with E-state index in [9.17, 15) is 9.18 Å². The van der Waals surface area contributed by atoms with Gasteiger partial charge in [0.1, 0.15) is 15.8 Å². The summed E-state index contributed by atoms with van der Waals surface area (Å²) in [7, 11) is 1.63. The monoisotopic (exact) mass is 292 g/mol. The molecule has 0 aliphatic heterocycles. The lowest BCUT2D eigenvalue weighted by Crippen LogP contribution is -2.31. The second-order valence-corrected chi connectivity index (χ2v) is 5.26. The first-order valence-corrected chi connectivity index (χ1v) is 6.69. The first-order chi connectivity index (χ1) is 9.52. The molecule has 2 aromatic rings. The Labute approximate surface area is 119 Å². The Morgan fingerprint density at radius 2 is 2.25 bits per heavy atom. The summed E-state index contributed by atoms with van der Waals surface area (Å²) < 4.78 is 13.1. The zero-order chi connectivity index (χ0) is 14.7. The van der Waals surface area contributed by atoms with Gasteiger partial charge in [-0.25, -0.2) is 9.37 Å². The summed E-state index contributed by atoms with van der Waals surface area (Å²) in [6.07, 6.45) is 5.30. The number of carbonyl (C=O) groups is 1. The van der Waals surface area contributed by atoms with Gasteiger partial charge in [0.25, 0.3) is 0 Å². The fourth-order valence-corrected chi connectivity index (χ4v) is 2.43. The molecule has 2 heterocycles. The number of thiazole rings is 1. The second kappa shape index (κ2) is 5.87. The Bertz CT molecular complexity index is 643. The topological polar surface area (TPSA) is 69.9 Å². The number of halogens is 1. The summed E-state index contributed by atoms with van der Waals surface area (Å²) in [5.41, 5.74) is 0.571. The molecule has 0 radical (unpaired) electrons. The summed E-state index contributed by atoms with van der Waals surface area (Å²) in [4.78, 5) is 21.4. The molecule has 2 rings (SSSR count). The molecule has 0 fully saturated rings. The van der Waals surface area contributed by atoms with Crippen LogP contribution in [0.25, 0.3) is 10.6 Å². The van der Waals surface area contributed by atoms with E-state index in [1.807, 2.05) is 0 Å². The smallest absolute Gasteiger partial charge is 0.235 e. The minimum Gasteiger partial charge on any atom is -0.312 e. The third kappa shape index (κ3) is 2.88. The van der Waals surface area contributed by atoms with E-state index in [4.69, 9.17) is 5.41 Å². The summed E-state index contributed by atoms with van der Waals surface area (Å²) in [6.45, 7) is 1.66. The van der Waals surface area contributed by atoms with Crippen molar-refractivity contribution >= 4 is 28.5 Å². The van der Waals surface area contributed by atoms with Gasteiger partial charge in [0.15, 0.2) is 0 Å². The SMILES string of the molecule is CC(C=N)C(=O)N(C)c1cnc(-c2cncc(F)c2)s1. The molecule has 1 unspecified atom stereocenters. The van der Waals surface area contributed by atoms with E-state index >= 15 is 0 Å². The molecule has 1 N–H and O–H groups in total. The lowest BCUT2D eigenvalue weighted by molar-refractivity contribution is -0.119. The van der Waals surface area contributed by atoms with Gasteiger partial charge in [-0.3, -0.25) is 9.78 Å². The van der Waals surface area contributed by atoms with Crippen LogP contribution in [0.1, 0.15) is 6.92 Å². The molecule has 104 valence electrons. The van der Waals surface area contributed by atoms with Crippen LogP contribution in [0.2, 0.25) is 0 Å². The Morgan fingerprint density at radius 1 is 1.50 bits per heavy atom. The van der Waals surface area contributed by atoms with E-state index in [1.165, 1.54) is 28.5 Å². The van der Waals surface area contributed by atoms with Crippen LogP contribution < -0.4 is 4.90 Å². The van der Waals surface area contributed by atoms with Gasteiger partial charge >= 0.3 is 0 Å². The van der Waals surface area contributed by atoms with Crippen molar-refractivity contribution in [2.24, 2.45) is 5.92 Å². The maximum absolute atomic E-state index is 13.1. The van der Waals surface area contributed by atoms with Crippen LogP contribution in [0.15, 0.2) is 24.7 Å². The molecule has 1 amide bonds. The first-order valence-electron chi connectivity index (χ1n) is 5.88. The van der Waals surface area contributed by atoms with Crippen molar-refractivity contribution < 1.29 is 9.18 Å². The molecular weight excluding hydrogens is 279 g/mol.